The second-order valence-corrected chi connectivity index (χ2v) is 10.9. The second-order valence-electron chi connectivity index (χ2n) is 9.08. The molecule has 0 radical (unpaired) electrons. The SMILES string of the molecule is Cc1cc(C(F)(F)F)nc2c1CN(S(=O)(=O)c1ccc(C(C)(C)C)cc1)c1ccccc1N2. The van der Waals surface area contributed by atoms with Crippen molar-refractivity contribution in [2.24, 2.45) is 0 Å². The molecule has 0 bridgehead atoms. The smallest absolute Gasteiger partial charge is 0.338 e. The minimum atomic E-state index is -4.62. The van der Waals surface area contributed by atoms with Crippen LogP contribution in [0.2, 0.25) is 0 Å². The lowest BCUT2D eigenvalue weighted by Gasteiger charge is -2.25. The number of para-hydroxylation sites is 2. The van der Waals surface area contributed by atoms with Gasteiger partial charge in [0.2, 0.25) is 0 Å². The number of pyridine rings is 1. The molecule has 0 atom stereocenters. The van der Waals surface area contributed by atoms with Crippen molar-refractivity contribution in [1.29, 1.82) is 0 Å². The third-order valence-electron chi connectivity index (χ3n) is 5.67. The Kier molecular flexibility index (Phi) is 5.43. The highest BCUT2D eigenvalue weighted by molar-refractivity contribution is 7.92. The van der Waals surface area contributed by atoms with Crippen molar-refractivity contribution in [3.05, 3.63) is 77.0 Å². The molecule has 1 aromatic heterocycles. The van der Waals surface area contributed by atoms with E-state index in [1.54, 1.807) is 48.5 Å². The molecule has 0 saturated heterocycles. The summed E-state index contributed by atoms with van der Waals surface area (Å²) < 4.78 is 68.7. The fourth-order valence-corrected chi connectivity index (χ4v) is 5.22. The third kappa shape index (κ3) is 4.29. The summed E-state index contributed by atoms with van der Waals surface area (Å²) in [6.45, 7) is 7.48. The number of aromatic nitrogens is 1. The molecule has 0 fully saturated rings. The van der Waals surface area contributed by atoms with Gasteiger partial charge in [-0.3, -0.25) is 4.31 Å². The van der Waals surface area contributed by atoms with Gasteiger partial charge >= 0.3 is 6.18 Å². The first-order chi connectivity index (χ1) is 15.3. The molecule has 174 valence electrons. The van der Waals surface area contributed by atoms with Crippen LogP contribution in [0.4, 0.5) is 30.4 Å². The van der Waals surface area contributed by atoms with Crippen LogP contribution in [0.1, 0.15) is 43.2 Å². The summed E-state index contributed by atoms with van der Waals surface area (Å²) in [6, 6.07) is 14.2. The number of rotatable bonds is 2. The predicted octanol–water partition coefficient (Wildman–Crippen LogP) is 6.16. The van der Waals surface area contributed by atoms with Crippen LogP contribution in [0.25, 0.3) is 0 Å². The number of alkyl halides is 3. The van der Waals surface area contributed by atoms with Crippen molar-refractivity contribution in [2.75, 3.05) is 9.62 Å². The van der Waals surface area contributed by atoms with Crippen LogP contribution < -0.4 is 9.62 Å². The van der Waals surface area contributed by atoms with Gasteiger partial charge in [-0.05, 0) is 53.8 Å². The van der Waals surface area contributed by atoms with Crippen molar-refractivity contribution in [3.63, 3.8) is 0 Å². The lowest BCUT2D eigenvalue weighted by atomic mass is 9.87. The van der Waals surface area contributed by atoms with Gasteiger partial charge in [0.25, 0.3) is 10.0 Å². The van der Waals surface area contributed by atoms with Crippen LogP contribution in [0, 0.1) is 6.92 Å². The quantitative estimate of drug-likeness (QED) is 0.482. The highest BCUT2D eigenvalue weighted by atomic mass is 32.2. The Morgan fingerprint density at radius 2 is 1.64 bits per heavy atom. The maximum Gasteiger partial charge on any atom is 0.433 e. The Bertz CT molecular complexity index is 1310. The molecule has 9 heteroatoms. The van der Waals surface area contributed by atoms with Gasteiger partial charge in [0.15, 0.2) is 0 Å². The number of hydrogen-bond acceptors (Lipinski definition) is 4. The molecule has 4 rings (SSSR count). The number of anilines is 3. The van der Waals surface area contributed by atoms with Crippen molar-refractivity contribution in [3.8, 4) is 0 Å². The fourth-order valence-electron chi connectivity index (χ4n) is 3.77. The van der Waals surface area contributed by atoms with E-state index in [2.05, 4.69) is 10.3 Å². The minimum absolute atomic E-state index is 0.00412. The molecule has 2 heterocycles. The van der Waals surface area contributed by atoms with Gasteiger partial charge in [-0.2, -0.15) is 13.2 Å². The first kappa shape index (κ1) is 23.1. The summed E-state index contributed by atoms with van der Waals surface area (Å²) in [4.78, 5) is 3.88. The lowest BCUT2D eigenvalue weighted by molar-refractivity contribution is -0.141. The summed E-state index contributed by atoms with van der Waals surface area (Å²) in [5, 5.41) is 2.92. The highest BCUT2D eigenvalue weighted by Crippen LogP contribution is 2.40. The summed E-state index contributed by atoms with van der Waals surface area (Å²) in [6.07, 6.45) is -4.62. The fraction of sp³-hybridized carbons (Fsp3) is 0.292. The molecule has 1 aliphatic rings. The molecule has 0 aliphatic carbocycles. The van der Waals surface area contributed by atoms with Gasteiger partial charge in [0.05, 0.1) is 22.8 Å². The predicted molar refractivity (Wildman–Crippen MR) is 122 cm³/mol. The Hall–Kier alpha value is -3.07. The van der Waals surface area contributed by atoms with Crippen LogP contribution in [0.5, 0.6) is 0 Å². The first-order valence-corrected chi connectivity index (χ1v) is 11.8. The van der Waals surface area contributed by atoms with Gasteiger partial charge in [-0.1, -0.05) is 45.0 Å². The van der Waals surface area contributed by atoms with Gasteiger partial charge in [0, 0.05) is 5.56 Å². The average Bonchev–Trinajstić information content (AvgIpc) is 2.90. The van der Waals surface area contributed by atoms with Crippen LogP contribution in [-0.4, -0.2) is 13.4 Å². The van der Waals surface area contributed by atoms with E-state index >= 15 is 0 Å². The molecule has 2 aromatic carbocycles. The van der Waals surface area contributed by atoms with E-state index in [9.17, 15) is 21.6 Å². The van der Waals surface area contributed by atoms with E-state index in [1.807, 2.05) is 20.8 Å². The number of aryl methyl sites for hydroxylation is 1. The number of nitrogens with one attached hydrogen (secondary N) is 1. The number of hydrogen-bond donors (Lipinski definition) is 1. The van der Waals surface area contributed by atoms with E-state index < -0.39 is 21.9 Å². The van der Waals surface area contributed by atoms with Crippen LogP contribution in [0.3, 0.4) is 0 Å². The molecule has 33 heavy (non-hydrogen) atoms. The maximum absolute atomic E-state index is 13.7. The van der Waals surface area contributed by atoms with Gasteiger partial charge in [0.1, 0.15) is 11.5 Å². The van der Waals surface area contributed by atoms with E-state index in [4.69, 9.17) is 0 Å². The summed E-state index contributed by atoms with van der Waals surface area (Å²) in [7, 11) is -4.02. The molecule has 0 spiro atoms. The normalized spacial score (nSPS) is 14.2. The van der Waals surface area contributed by atoms with Crippen molar-refractivity contribution in [1.82, 2.24) is 4.98 Å². The Balaban J connectivity index is 1.86. The Labute approximate surface area is 191 Å². The number of sulfonamides is 1. The van der Waals surface area contributed by atoms with Gasteiger partial charge in [-0.15, -0.1) is 0 Å². The van der Waals surface area contributed by atoms with E-state index in [-0.39, 0.29) is 22.7 Å². The Morgan fingerprint density at radius 1 is 1.00 bits per heavy atom. The number of fused-ring (bicyclic) bond motifs is 2. The average molecular weight is 476 g/mol. The monoisotopic (exact) mass is 475 g/mol. The highest BCUT2D eigenvalue weighted by Gasteiger charge is 2.36. The summed E-state index contributed by atoms with van der Waals surface area (Å²) in [5.41, 5.74) is 1.20. The largest absolute Gasteiger partial charge is 0.433 e. The lowest BCUT2D eigenvalue weighted by Crippen LogP contribution is -2.30. The van der Waals surface area contributed by atoms with E-state index in [0.29, 0.717) is 22.5 Å². The standard InChI is InChI=1S/C24H24F3N3O2S/c1-15-13-21(24(25,26)27)29-22-18(15)14-30(20-8-6-5-7-19(20)28-22)33(31,32)17-11-9-16(10-12-17)23(2,3)4/h5-13H,14H2,1-4H3,(H,28,29). The van der Waals surface area contributed by atoms with Crippen molar-refractivity contribution in [2.45, 2.75) is 50.7 Å². The minimum Gasteiger partial charge on any atom is -0.338 e. The molecule has 5 nitrogen and oxygen atoms in total. The molecule has 3 aromatic rings. The van der Waals surface area contributed by atoms with E-state index in [1.165, 1.54) is 11.2 Å². The zero-order valence-electron chi connectivity index (χ0n) is 18.7. The molecule has 0 saturated carbocycles. The van der Waals surface area contributed by atoms with Crippen LogP contribution in [0.15, 0.2) is 59.5 Å². The van der Waals surface area contributed by atoms with Crippen molar-refractivity contribution >= 4 is 27.2 Å². The molecule has 1 N–H and O–H groups in total. The number of benzene rings is 2. The molecular weight excluding hydrogens is 451 g/mol. The zero-order chi connectivity index (χ0) is 24.2. The van der Waals surface area contributed by atoms with Crippen LogP contribution in [-0.2, 0) is 28.2 Å². The number of halogens is 3. The Morgan fingerprint density at radius 3 is 2.24 bits per heavy atom. The van der Waals surface area contributed by atoms with Gasteiger partial charge in [-0.25, -0.2) is 13.4 Å². The summed E-state index contributed by atoms with van der Waals surface area (Å²) in [5.74, 6) is -0.00412. The van der Waals surface area contributed by atoms with Crippen molar-refractivity contribution < 1.29 is 21.6 Å². The number of nitrogens with zero attached hydrogens (tertiary/aromatic N) is 2. The first-order valence-electron chi connectivity index (χ1n) is 10.4. The molecule has 1 aliphatic heterocycles. The molecule has 0 unspecified atom stereocenters. The summed E-state index contributed by atoms with van der Waals surface area (Å²) >= 11 is 0. The second kappa shape index (κ2) is 7.76. The van der Waals surface area contributed by atoms with E-state index in [0.717, 1.165) is 11.6 Å². The third-order valence-corrected chi connectivity index (χ3v) is 7.45. The zero-order valence-corrected chi connectivity index (χ0v) is 19.5. The van der Waals surface area contributed by atoms with Gasteiger partial charge < -0.3 is 5.32 Å². The molecular formula is C24H24F3N3O2S. The van der Waals surface area contributed by atoms with Crippen LogP contribution >= 0.6 is 0 Å². The maximum atomic E-state index is 13.7. The topological polar surface area (TPSA) is 62.3 Å². The molecule has 0 amide bonds.